The van der Waals surface area contributed by atoms with Crippen molar-refractivity contribution in [2.75, 3.05) is 0 Å². The average molecular weight is 1720 g/mol. The van der Waals surface area contributed by atoms with Gasteiger partial charge in [0.05, 0.1) is 73.0 Å². The predicted octanol–water partition coefficient (Wildman–Crippen LogP) is 30.3. The zero-order valence-electron chi connectivity index (χ0n) is 72.9. The van der Waals surface area contributed by atoms with Gasteiger partial charge in [0.1, 0.15) is 34.9 Å². The van der Waals surface area contributed by atoms with Gasteiger partial charge in [0.25, 0.3) is 0 Å². The lowest BCUT2D eigenvalue weighted by atomic mass is 9.95. The van der Waals surface area contributed by atoms with Gasteiger partial charge in [-0.05, 0) is 101 Å². The molecule has 6 aromatic heterocycles. The highest BCUT2D eigenvalue weighted by Gasteiger charge is 2.28. The molecule has 24 aromatic rings. The zero-order chi connectivity index (χ0) is 90.5. The summed E-state index contributed by atoms with van der Waals surface area (Å²) in [5, 5.41) is 38.5. The van der Waals surface area contributed by atoms with E-state index in [1.165, 1.54) is 32.3 Å². The van der Waals surface area contributed by atoms with E-state index in [1.807, 2.05) is 212 Å². The van der Waals surface area contributed by atoms with E-state index in [2.05, 4.69) is 293 Å². The molecule has 0 aliphatic carbocycles. The van der Waals surface area contributed by atoms with Crippen LogP contribution in [0, 0.1) is 34.0 Å². The quantitative estimate of drug-likeness (QED) is 0.0972. The zero-order valence-corrected chi connectivity index (χ0v) is 72.9. The maximum absolute atomic E-state index is 10.5. The van der Waals surface area contributed by atoms with Crippen molar-refractivity contribution >= 4 is 65.4 Å². The molecule has 0 aliphatic heterocycles. The van der Waals surface area contributed by atoms with Gasteiger partial charge in [-0.2, -0.15) is 15.8 Å². The van der Waals surface area contributed by atoms with Gasteiger partial charge in [0.15, 0.2) is 17.5 Å². The van der Waals surface area contributed by atoms with E-state index >= 15 is 0 Å². The highest BCUT2D eigenvalue weighted by Crippen LogP contribution is 2.46. The lowest BCUT2D eigenvalue weighted by molar-refractivity contribution is 1.15. The van der Waals surface area contributed by atoms with Gasteiger partial charge in [0, 0.05) is 99.3 Å². The molecule has 0 atom stereocenters. The molecule has 0 amide bonds. The normalized spacial score (nSPS) is 11.1. The molecule has 18 aromatic carbocycles. The number of para-hydroxylation sites is 6. The molecule has 0 unspecified atom stereocenters. The summed E-state index contributed by atoms with van der Waals surface area (Å²) in [6, 6.07) is 168. The Hall–Kier alpha value is -18.9. The number of nitrogens with zero attached hydrogens (tertiary/aromatic N) is 12. The smallest absolute Gasteiger partial charge is 0.161 e. The van der Waals surface area contributed by atoms with Gasteiger partial charge in [-0.3, -0.25) is 0 Å². The molecule has 24 rings (SSSR count). The number of rotatable bonds is 15. The SMILES string of the molecule is N#Cc1c(-c2ccccc2)nc(-c2cc(-n3c4ccccc4c4ccccc43)ccc2-c2ccccc2)nc1-c1ccccc1.N#Cc1c(-c2ccccc2)nc(-c2ccc(-n3c4ccccc4c4ccccc43)cc2-c2ccccc2)nc1-c1ccccc1.N#Cc1c(-c2ccccc2)nc(-c2cccc(-n3c4ccccc4c4ccccc43)c2-c2ccccc2)nc1-c1ccccc1. The molecule has 630 valence electrons. The van der Waals surface area contributed by atoms with Crippen LogP contribution < -0.4 is 0 Å². The van der Waals surface area contributed by atoms with Crippen LogP contribution in [0.15, 0.2) is 473 Å². The monoisotopic (exact) mass is 1720 g/mol. The highest BCUT2D eigenvalue weighted by atomic mass is 15.0. The second-order valence-corrected chi connectivity index (χ2v) is 32.8. The van der Waals surface area contributed by atoms with Crippen LogP contribution in [0.2, 0.25) is 0 Å². The van der Waals surface area contributed by atoms with Crippen LogP contribution in [0.25, 0.3) is 218 Å². The Labute approximate surface area is 779 Å². The molecule has 0 saturated carbocycles. The predicted molar refractivity (Wildman–Crippen MR) is 548 cm³/mol. The number of nitriles is 3. The van der Waals surface area contributed by atoms with Gasteiger partial charge >= 0.3 is 0 Å². The third kappa shape index (κ3) is 15.4. The molecule has 12 nitrogen and oxygen atoms in total. The standard InChI is InChI=1S/3C41H26N4/c42-27-34-39(29-17-6-2-7-18-29)43-41(44-40(34)30-19-8-3-9-20-30)33-23-14-26-37(38(33)28-15-4-1-5-16-28)45-35-24-12-10-21-31(35)32-22-11-13-25-36(32)45;42-27-36-39(29-16-6-2-7-17-29)43-41(44-40(36)30-18-8-3-9-19-30)35-26-31(24-25-32(35)28-14-4-1-5-15-28)45-37-22-12-10-20-33(37)34-21-11-13-23-38(34)45;42-27-36-39(29-16-6-2-7-17-29)43-41(44-40(36)30-18-8-3-9-19-30)34-25-24-31(26-35(34)28-14-4-1-5-15-28)45-37-22-12-10-20-32(37)33-21-11-13-23-38(33)45/h3*1-26H. The molecule has 12 heteroatoms. The lowest BCUT2D eigenvalue weighted by Crippen LogP contribution is -2.04. The first-order valence-electron chi connectivity index (χ1n) is 44.7. The summed E-state index contributed by atoms with van der Waals surface area (Å²) in [7, 11) is 0. The van der Waals surface area contributed by atoms with Crippen LogP contribution in [-0.4, -0.2) is 43.6 Å². The van der Waals surface area contributed by atoms with E-state index in [0.29, 0.717) is 68.3 Å². The second-order valence-electron chi connectivity index (χ2n) is 32.8. The van der Waals surface area contributed by atoms with Crippen LogP contribution in [0.3, 0.4) is 0 Å². The lowest BCUT2D eigenvalue weighted by Gasteiger charge is -2.19. The van der Waals surface area contributed by atoms with Crippen molar-refractivity contribution in [2.24, 2.45) is 0 Å². The molecule has 0 radical (unpaired) electrons. The van der Waals surface area contributed by atoms with Crippen molar-refractivity contribution in [2.45, 2.75) is 0 Å². The summed E-state index contributed by atoms with van der Waals surface area (Å²) in [5.41, 5.74) is 29.1. The van der Waals surface area contributed by atoms with Crippen LogP contribution in [-0.2, 0) is 0 Å². The van der Waals surface area contributed by atoms with Gasteiger partial charge in [-0.15, -0.1) is 0 Å². The van der Waals surface area contributed by atoms with E-state index < -0.39 is 0 Å². The summed E-state index contributed by atoms with van der Waals surface area (Å²) < 4.78 is 6.98. The van der Waals surface area contributed by atoms with Crippen molar-refractivity contribution in [1.82, 2.24) is 43.6 Å². The number of fused-ring (bicyclic) bond motifs is 9. The Morgan fingerprint density at radius 1 is 0.170 bits per heavy atom. The minimum Gasteiger partial charge on any atom is -0.309 e. The molecule has 0 N–H and O–H groups in total. The molecule has 6 heterocycles. The number of hydrogen-bond donors (Lipinski definition) is 0. The molecule has 0 fully saturated rings. The van der Waals surface area contributed by atoms with Crippen molar-refractivity contribution in [3.8, 4) is 170 Å². The van der Waals surface area contributed by atoms with Gasteiger partial charge < -0.3 is 13.7 Å². The molecular weight excluding hydrogens is 1650 g/mol. The molecule has 0 aliphatic rings. The van der Waals surface area contributed by atoms with E-state index in [1.54, 1.807) is 0 Å². The molecule has 135 heavy (non-hydrogen) atoms. The Morgan fingerprint density at radius 3 is 0.696 bits per heavy atom. The highest BCUT2D eigenvalue weighted by molar-refractivity contribution is 6.12. The summed E-state index contributed by atoms with van der Waals surface area (Å²) in [6.45, 7) is 0. The maximum atomic E-state index is 10.5. The fraction of sp³-hybridized carbons (Fsp3) is 0. The Bertz CT molecular complexity index is 8240. The van der Waals surface area contributed by atoms with Crippen LogP contribution in [0.4, 0.5) is 0 Å². The summed E-state index contributed by atoms with van der Waals surface area (Å²) in [6.07, 6.45) is 0. The molecular formula is C123H78N12. The Kier molecular flexibility index (Phi) is 22.0. The largest absolute Gasteiger partial charge is 0.309 e. The van der Waals surface area contributed by atoms with Crippen LogP contribution in [0.5, 0.6) is 0 Å². The first-order valence-corrected chi connectivity index (χ1v) is 44.7. The topological polar surface area (TPSA) is 164 Å². The first-order chi connectivity index (χ1) is 66.9. The number of hydrogen-bond acceptors (Lipinski definition) is 9. The maximum Gasteiger partial charge on any atom is 0.161 e. The van der Waals surface area contributed by atoms with Gasteiger partial charge in [-0.1, -0.05) is 400 Å². The second kappa shape index (κ2) is 36.3. The van der Waals surface area contributed by atoms with Gasteiger partial charge in [0.2, 0.25) is 0 Å². The Morgan fingerprint density at radius 2 is 0.400 bits per heavy atom. The van der Waals surface area contributed by atoms with Crippen molar-refractivity contribution < 1.29 is 0 Å². The van der Waals surface area contributed by atoms with E-state index in [4.69, 9.17) is 29.9 Å². The van der Waals surface area contributed by atoms with E-state index in [0.717, 1.165) is 134 Å². The van der Waals surface area contributed by atoms with Gasteiger partial charge in [-0.25, -0.2) is 29.9 Å². The Balaban J connectivity index is 0.000000118. The first kappa shape index (κ1) is 81.8. The summed E-state index contributed by atoms with van der Waals surface area (Å²) in [4.78, 5) is 30.9. The summed E-state index contributed by atoms with van der Waals surface area (Å²) in [5.74, 6) is 1.70. The fourth-order valence-electron chi connectivity index (χ4n) is 18.7. The average Bonchev–Trinajstić information content (AvgIpc) is 1.58. The van der Waals surface area contributed by atoms with Crippen molar-refractivity contribution in [3.63, 3.8) is 0 Å². The van der Waals surface area contributed by atoms with E-state index in [9.17, 15) is 15.8 Å². The van der Waals surface area contributed by atoms with Crippen LogP contribution >= 0.6 is 0 Å². The number of benzene rings is 18. The third-order valence-corrected chi connectivity index (χ3v) is 24.8. The molecule has 0 spiro atoms. The molecule has 0 bridgehead atoms. The fourth-order valence-corrected chi connectivity index (χ4v) is 18.7. The third-order valence-electron chi connectivity index (χ3n) is 24.8. The molecule has 0 saturated heterocycles. The minimum absolute atomic E-state index is 0.455. The summed E-state index contributed by atoms with van der Waals surface area (Å²) >= 11 is 0. The number of aromatic nitrogens is 9. The minimum atomic E-state index is 0.455. The van der Waals surface area contributed by atoms with Crippen molar-refractivity contribution in [1.29, 1.82) is 15.8 Å². The van der Waals surface area contributed by atoms with Crippen molar-refractivity contribution in [3.05, 3.63) is 490 Å². The van der Waals surface area contributed by atoms with E-state index in [-0.39, 0.29) is 0 Å². The van der Waals surface area contributed by atoms with Crippen LogP contribution in [0.1, 0.15) is 16.7 Å².